The summed E-state index contributed by atoms with van der Waals surface area (Å²) in [6.07, 6.45) is 0.747. The molecule has 0 aromatic carbocycles. The minimum Gasteiger partial charge on any atom is -0.366 e. The molecule has 1 fully saturated rings. The van der Waals surface area contributed by atoms with Crippen molar-refractivity contribution in [3.05, 3.63) is 4.73 Å². The van der Waals surface area contributed by atoms with Gasteiger partial charge in [0.15, 0.2) is 4.73 Å². The molecule has 1 aromatic heterocycles. The summed E-state index contributed by atoms with van der Waals surface area (Å²) >= 11 is 3.21. The number of rotatable bonds is 1. The number of carbonyl (C=O) groups excluding carboxylic acids is 1. The Hall–Kier alpha value is -1.11. The van der Waals surface area contributed by atoms with Gasteiger partial charge in [0, 0.05) is 13.6 Å². The Bertz CT molecular complexity index is 376. The summed E-state index contributed by atoms with van der Waals surface area (Å²) in [5.41, 5.74) is 5.43. The normalized spacial score (nSPS) is 22.0. The summed E-state index contributed by atoms with van der Waals surface area (Å²) in [7, 11) is 1.77. The minimum absolute atomic E-state index is 0.0515. The molecule has 1 aliphatic heterocycles. The van der Waals surface area contributed by atoms with Crippen LogP contribution in [0.3, 0.4) is 0 Å². The van der Waals surface area contributed by atoms with Crippen molar-refractivity contribution in [2.75, 3.05) is 19.3 Å². The number of hydrogen-bond donors (Lipinski definition) is 1. The zero-order valence-corrected chi connectivity index (χ0v) is 9.23. The van der Waals surface area contributed by atoms with E-state index >= 15 is 0 Å². The van der Waals surface area contributed by atoms with E-state index in [0.717, 1.165) is 13.0 Å². The molecule has 2 rings (SSSR count). The first-order valence-electron chi connectivity index (χ1n) is 4.22. The number of anilines is 1. The third kappa shape index (κ3) is 1.37. The highest BCUT2D eigenvalue weighted by Crippen LogP contribution is 2.24. The molecule has 1 atom stereocenters. The quantitative estimate of drug-likeness (QED) is 0.772. The fraction of sp³-hybridized carbons (Fsp3) is 0.571. The Morgan fingerprint density at radius 3 is 2.79 bits per heavy atom. The van der Waals surface area contributed by atoms with Gasteiger partial charge in [-0.15, -0.1) is 5.10 Å². The number of carbonyl (C=O) groups is 1. The Morgan fingerprint density at radius 2 is 2.36 bits per heavy atom. The first kappa shape index (κ1) is 9.45. The second kappa shape index (κ2) is 3.23. The van der Waals surface area contributed by atoms with E-state index in [1.54, 1.807) is 11.9 Å². The lowest BCUT2D eigenvalue weighted by molar-refractivity contribution is -0.129. The van der Waals surface area contributed by atoms with Gasteiger partial charge in [-0.25, -0.2) is 4.68 Å². The van der Waals surface area contributed by atoms with Gasteiger partial charge in [0.2, 0.25) is 11.9 Å². The molecule has 76 valence electrons. The van der Waals surface area contributed by atoms with Crippen LogP contribution in [0.15, 0.2) is 4.73 Å². The van der Waals surface area contributed by atoms with Gasteiger partial charge in [-0.3, -0.25) is 4.79 Å². The molecular formula is C7H10BrN5O. The van der Waals surface area contributed by atoms with Crippen LogP contribution in [-0.4, -0.2) is 39.2 Å². The molecule has 1 aromatic rings. The van der Waals surface area contributed by atoms with Gasteiger partial charge in [-0.05, 0) is 22.4 Å². The van der Waals surface area contributed by atoms with Crippen LogP contribution in [0.1, 0.15) is 12.5 Å². The molecule has 0 aliphatic carbocycles. The zero-order valence-electron chi connectivity index (χ0n) is 7.64. The molecule has 14 heavy (non-hydrogen) atoms. The Balaban J connectivity index is 2.32. The highest BCUT2D eigenvalue weighted by molar-refractivity contribution is 9.10. The predicted molar refractivity (Wildman–Crippen MR) is 53.4 cm³/mol. The molecule has 0 spiro atoms. The summed E-state index contributed by atoms with van der Waals surface area (Å²) in [6.45, 7) is 0.746. The number of nitrogens with two attached hydrogens (primary N) is 1. The van der Waals surface area contributed by atoms with Crippen LogP contribution in [0.2, 0.25) is 0 Å². The number of likely N-dealkylation sites (N-methyl/N-ethyl adjacent to an activating group) is 1. The number of halogens is 1. The van der Waals surface area contributed by atoms with E-state index in [9.17, 15) is 4.79 Å². The minimum atomic E-state index is -0.265. The molecule has 0 bridgehead atoms. The van der Waals surface area contributed by atoms with Gasteiger partial charge in [0.05, 0.1) is 0 Å². The lowest BCUT2D eigenvalue weighted by atomic mass is 10.3. The molecule has 2 heterocycles. The van der Waals surface area contributed by atoms with Crippen LogP contribution in [-0.2, 0) is 4.79 Å². The summed E-state index contributed by atoms with van der Waals surface area (Å²) in [6, 6.07) is -0.265. The molecular weight excluding hydrogens is 250 g/mol. The van der Waals surface area contributed by atoms with E-state index in [0.29, 0.717) is 4.73 Å². The topological polar surface area (TPSA) is 77.0 Å². The van der Waals surface area contributed by atoms with E-state index in [4.69, 9.17) is 5.73 Å². The maximum atomic E-state index is 11.6. The summed E-state index contributed by atoms with van der Waals surface area (Å²) < 4.78 is 2.03. The Kier molecular flexibility index (Phi) is 2.18. The number of hydrogen-bond acceptors (Lipinski definition) is 4. The van der Waals surface area contributed by atoms with E-state index in [1.165, 1.54) is 4.68 Å². The van der Waals surface area contributed by atoms with Crippen LogP contribution >= 0.6 is 15.9 Å². The second-order valence-corrected chi connectivity index (χ2v) is 3.96. The van der Waals surface area contributed by atoms with Gasteiger partial charge < -0.3 is 10.6 Å². The van der Waals surface area contributed by atoms with Crippen LogP contribution in [0, 0.1) is 0 Å². The maximum absolute atomic E-state index is 11.6. The second-order valence-electron chi connectivity index (χ2n) is 3.25. The highest BCUT2D eigenvalue weighted by atomic mass is 79.9. The van der Waals surface area contributed by atoms with E-state index < -0.39 is 0 Å². The van der Waals surface area contributed by atoms with Gasteiger partial charge in [-0.1, -0.05) is 0 Å². The number of aromatic nitrogens is 3. The summed E-state index contributed by atoms with van der Waals surface area (Å²) in [4.78, 5) is 17.2. The SMILES string of the molecule is CN1CCC(n2nc(N)nc2Br)C1=O. The molecule has 1 saturated heterocycles. The highest BCUT2D eigenvalue weighted by Gasteiger charge is 2.32. The van der Waals surface area contributed by atoms with Crippen molar-refractivity contribution in [2.24, 2.45) is 0 Å². The number of amides is 1. The predicted octanol–water partition coefficient (Wildman–Crippen LogP) is 0.0260. The third-order valence-corrected chi connectivity index (χ3v) is 2.84. The smallest absolute Gasteiger partial charge is 0.247 e. The summed E-state index contributed by atoms with van der Waals surface area (Å²) in [5.74, 6) is 0.231. The van der Waals surface area contributed by atoms with Crippen LogP contribution in [0.25, 0.3) is 0 Å². The number of nitrogens with zero attached hydrogens (tertiary/aromatic N) is 4. The summed E-state index contributed by atoms with van der Waals surface area (Å²) in [5, 5.41) is 3.97. The van der Waals surface area contributed by atoms with Gasteiger partial charge in [0.1, 0.15) is 6.04 Å². The fourth-order valence-electron chi connectivity index (χ4n) is 1.55. The molecule has 0 radical (unpaired) electrons. The zero-order chi connectivity index (χ0) is 10.3. The van der Waals surface area contributed by atoms with E-state index in [1.807, 2.05) is 0 Å². The maximum Gasteiger partial charge on any atom is 0.247 e. The van der Waals surface area contributed by atoms with E-state index in [2.05, 4.69) is 26.0 Å². The van der Waals surface area contributed by atoms with Crippen molar-refractivity contribution < 1.29 is 4.79 Å². The van der Waals surface area contributed by atoms with Gasteiger partial charge >= 0.3 is 0 Å². The van der Waals surface area contributed by atoms with Gasteiger partial charge in [-0.2, -0.15) is 4.98 Å². The largest absolute Gasteiger partial charge is 0.366 e. The lowest BCUT2D eigenvalue weighted by Crippen LogP contribution is -2.25. The van der Waals surface area contributed by atoms with Crippen molar-refractivity contribution >= 4 is 27.8 Å². The standard InChI is InChI=1S/C7H10BrN5O/c1-12-3-2-4(5(12)14)13-6(8)10-7(9)11-13/h4H,2-3H2,1H3,(H2,9,11). The van der Waals surface area contributed by atoms with E-state index in [-0.39, 0.29) is 17.9 Å². The van der Waals surface area contributed by atoms with Crippen LogP contribution < -0.4 is 5.73 Å². The molecule has 0 saturated carbocycles. The lowest BCUT2D eigenvalue weighted by Gasteiger charge is -2.10. The average Bonchev–Trinajstić information content (AvgIpc) is 2.59. The molecule has 6 nitrogen and oxygen atoms in total. The van der Waals surface area contributed by atoms with Crippen molar-refractivity contribution in [2.45, 2.75) is 12.5 Å². The van der Waals surface area contributed by atoms with Crippen molar-refractivity contribution in [3.63, 3.8) is 0 Å². The van der Waals surface area contributed by atoms with Crippen LogP contribution in [0.5, 0.6) is 0 Å². The fourth-order valence-corrected chi connectivity index (χ4v) is 2.06. The molecule has 7 heteroatoms. The Labute approximate surface area is 89.2 Å². The number of likely N-dealkylation sites (tertiary alicyclic amines) is 1. The molecule has 1 aliphatic rings. The van der Waals surface area contributed by atoms with Crippen molar-refractivity contribution in [3.8, 4) is 0 Å². The van der Waals surface area contributed by atoms with Gasteiger partial charge in [0.25, 0.3) is 0 Å². The van der Waals surface area contributed by atoms with Crippen LogP contribution in [0.4, 0.5) is 5.95 Å². The van der Waals surface area contributed by atoms with Crippen molar-refractivity contribution in [1.82, 2.24) is 19.7 Å². The molecule has 2 N–H and O–H groups in total. The molecule has 1 amide bonds. The average molecular weight is 260 g/mol. The first-order chi connectivity index (χ1) is 6.59. The monoisotopic (exact) mass is 259 g/mol. The third-order valence-electron chi connectivity index (χ3n) is 2.30. The number of nitrogen functional groups attached to an aromatic ring is 1. The Morgan fingerprint density at radius 1 is 1.64 bits per heavy atom. The molecule has 1 unspecified atom stereocenters. The van der Waals surface area contributed by atoms with Crippen molar-refractivity contribution in [1.29, 1.82) is 0 Å². The first-order valence-corrected chi connectivity index (χ1v) is 5.01.